The number of hydrogen-bond donors (Lipinski definition) is 1. The van der Waals surface area contributed by atoms with Gasteiger partial charge in [0.15, 0.2) is 0 Å². The molecule has 1 aliphatic rings. The second kappa shape index (κ2) is 7.51. The number of nitrogens with one attached hydrogen (secondary N) is 1. The Morgan fingerprint density at radius 3 is 2.56 bits per heavy atom. The van der Waals surface area contributed by atoms with Gasteiger partial charge in [-0.05, 0) is 62.1 Å². The fourth-order valence-electron chi connectivity index (χ4n) is 3.23. The number of nitrogens with zero attached hydrogens (tertiary/aromatic N) is 1. The third kappa shape index (κ3) is 4.08. The monoisotopic (exact) mass is 336 g/mol. The van der Waals surface area contributed by atoms with Gasteiger partial charge in [0.2, 0.25) is 0 Å². The molecule has 25 heavy (non-hydrogen) atoms. The molecular formula is C21H24N2O2. The first kappa shape index (κ1) is 17.2. The number of carbonyl (C=O) groups is 2. The summed E-state index contributed by atoms with van der Waals surface area (Å²) in [6.07, 6.45) is 2.83. The molecule has 1 saturated heterocycles. The highest BCUT2D eigenvalue weighted by atomic mass is 16.2. The summed E-state index contributed by atoms with van der Waals surface area (Å²) in [6.45, 7) is 5.69. The zero-order valence-corrected chi connectivity index (χ0v) is 14.8. The molecule has 2 aromatic rings. The van der Waals surface area contributed by atoms with Gasteiger partial charge in [-0.25, -0.2) is 0 Å². The fourth-order valence-corrected chi connectivity index (χ4v) is 3.23. The van der Waals surface area contributed by atoms with Gasteiger partial charge in [-0.15, -0.1) is 0 Å². The van der Waals surface area contributed by atoms with Crippen LogP contribution in [-0.4, -0.2) is 36.2 Å². The van der Waals surface area contributed by atoms with E-state index >= 15 is 0 Å². The second-order valence-corrected chi connectivity index (χ2v) is 6.77. The molecule has 1 atom stereocenters. The van der Waals surface area contributed by atoms with E-state index in [0.717, 1.165) is 31.4 Å². The van der Waals surface area contributed by atoms with Crippen LogP contribution < -0.4 is 5.32 Å². The van der Waals surface area contributed by atoms with Gasteiger partial charge in [0.05, 0.1) is 0 Å². The highest BCUT2D eigenvalue weighted by Gasteiger charge is 2.24. The number of piperidine rings is 1. The molecule has 0 unspecified atom stereocenters. The lowest BCUT2D eigenvalue weighted by Crippen LogP contribution is -2.45. The normalized spacial score (nSPS) is 17.2. The summed E-state index contributed by atoms with van der Waals surface area (Å²) in [4.78, 5) is 25.4. The van der Waals surface area contributed by atoms with Gasteiger partial charge in [-0.2, -0.15) is 0 Å². The third-order valence-electron chi connectivity index (χ3n) is 4.88. The number of benzene rings is 2. The van der Waals surface area contributed by atoms with E-state index in [1.807, 2.05) is 4.90 Å². The molecule has 130 valence electrons. The Balaban J connectivity index is 1.66. The van der Waals surface area contributed by atoms with Crippen molar-refractivity contribution in [1.29, 1.82) is 0 Å². The largest absolute Gasteiger partial charge is 0.381 e. The maximum atomic E-state index is 12.7. The van der Waals surface area contributed by atoms with Crippen LogP contribution in [0.2, 0.25) is 0 Å². The lowest BCUT2D eigenvalue weighted by molar-refractivity contribution is 0.0714. The molecular weight excluding hydrogens is 312 g/mol. The Bertz CT molecular complexity index is 768. The Morgan fingerprint density at radius 1 is 1.12 bits per heavy atom. The van der Waals surface area contributed by atoms with E-state index in [0.29, 0.717) is 17.7 Å². The van der Waals surface area contributed by atoms with E-state index in [2.05, 4.69) is 37.4 Å². The first-order valence-electron chi connectivity index (χ1n) is 8.75. The van der Waals surface area contributed by atoms with Crippen molar-refractivity contribution in [3.63, 3.8) is 0 Å². The molecule has 1 amide bonds. The summed E-state index contributed by atoms with van der Waals surface area (Å²) in [5, 5.41) is 3.56. The number of amides is 1. The van der Waals surface area contributed by atoms with Gasteiger partial charge in [-0.3, -0.25) is 9.59 Å². The summed E-state index contributed by atoms with van der Waals surface area (Å²) in [6, 6.07) is 13.5. The Hall–Kier alpha value is -2.62. The molecule has 0 aromatic heterocycles. The second-order valence-electron chi connectivity index (χ2n) is 6.77. The van der Waals surface area contributed by atoms with Crippen LogP contribution in [0, 0.1) is 13.8 Å². The predicted molar refractivity (Wildman–Crippen MR) is 100 cm³/mol. The maximum Gasteiger partial charge on any atom is 0.253 e. The van der Waals surface area contributed by atoms with Crippen molar-refractivity contribution in [3.8, 4) is 0 Å². The van der Waals surface area contributed by atoms with Crippen LogP contribution >= 0.6 is 0 Å². The van der Waals surface area contributed by atoms with Crippen LogP contribution in [-0.2, 0) is 0 Å². The lowest BCUT2D eigenvalue weighted by atomic mass is 10.0. The lowest BCUT2D eigenvalue weighted by Gasteiger charge is -2.34. The van der Waals surface area contributed by atoms with Crippen LogP contribution in [0.3, 0.4) is 0 Å². The fraction of sp³-hybridized carbons (Fsp3) is 0.333. The zero-order valence-electron chi connectivity index (χ0n) is 14.8. The van der Waals surface area contributed by atoms with E-state index in [9.17, 15) is 9.59 Å². The van der Waals surface area contributed by atoms with Crippen molar-refractivity contribution < 1.29 is 9.59 Å². The van der Waals surface area contributed by atoms with Gasteiger partial charge in [0.25, 0.3) is 5.91 Å². The molecule has 1 heterocycles. The van der Waals surface area contributed by atoms with Crippen LogP contribution in [0.15, 0.2) is 42.5 Å². The molecule has 0 saturated carbocycles. The molecule has 0 aliphatic carbocycles. The Kier molecular flexibility index (Phi) is 5.17. The first-order valence-corrected chi connectivity index (χ1v) is 8.75. The average Bonchev–Trinajstić information content (AvgIpc) is 2.64. The topological polar surface area (TPSA) is 49.4 Å². The van der Waals surface area contributed by atoms with Crippen LogP contribution in [0.4, 0.5) is 5.69 Å². The van der Waals surface area contributed by atoms with Crippen molar-refractivity contribution in [3.05, 3.63) is 64.7 Å². The van der Waals surface area contributed by atoms with Gasteiger partial charge < -0.3 is 10.2 Å². The SMILES string of the molecule is Cc1ccc(N[C@H]2CCCN(C(=O)c3ccc(C=O)cc3)C2)cc1C. The van der Waals surface area contributed by atoms with E-state index < -0.39 is 0 Å². The maximum absolute atomic E-state index is 12.7. The van der Waals surface area contributed by atoms with Crippen LogP contribution in [0.5, 0.6) is 0 Å². The first-order chi connectivity index (χ1) is 12.1. The summed E-state index contributed by atoms with van der Waals surface area (Å²) in [7, 11) is 0. The summed E-state index contributed by atoms with van der Waals surface area (Å²) in [5.74, 6) is 0.0315. The van der Waals surface area contributed by atoms with Crippen LogP contribution in [0.1, 0.15) is 44.7 Å². The van der Waals surface area contributed by atoms with E-state index in [1.165, 1.54) is 11.1 Å². The molecule has 4 nitrogen and oxygen atoms in total. The number of carbonyl (C=O) groups excluding carboxylic acids is 2. The molecule has 0 bridgehead atoms. The summed E-state index contributed by atoms with van der Waals surface area (Å²) >= 11 is 0. The molecule has 2 aromatic carbocycles. The number of hydrogen-bond acceptors (Lipinski definition) is 3. The molecule has 0 spiro atoms. The van der Waals surface area contributed by atoms with Crippen molar-refractivity contribution in [2.75, 3.05) is 18.4 Å². The number of rotatable bonds is 4. The smallest absolute Gasteiger partial charge is 0.253 e. The van der Waals surface area contributed by atoms with Gasteiger partial charge >= 0.3 is 0 Å². The van der Waals surface area contributed by atoms with Gasteiger partial charge in [0.1, 0.15) is 6.29 Å². The van der Waals surface area contributed by atoms with Gasteiger partial charge in [-0.1, -0.05) is 18.2 Å². The molecule has 1 fully saturated rings. The number of aryl methyl sites for hydroxylation is 2. The molecule has 4 heteroatoms. The molecule has 1 aliphatic heterocycles. The third-order valence-corrected chi connectivity index (χ3v) is 4.88. The van der Waals surface area contributed by atoms with Gasteiger partial charge in [0, 0.05) is 35.9 Å². The van der Waals surface area contributed by atoms with Crippen molar-refractivity contribution in [1.82, 2.24) is 4.90 Å². The van der Waals surface area contributed by atoms with E-state index in [4.69, 9.17) is 0 Å². The summed E-state index contributed by atoms with van der Waals surface area (Å²) in [5.41, 5.74) is 4.88. The number of likely N-dealkylation sites (tertiary alicyclic amines) is 1. The van der Waals surface area contributed by atoms with E-state index in [1.54, 1.807) is 24.3 Å². The predicted octanol–water partition coefficient (Wildman–Crippen LogP) is 3.83. The van der Waals surface area contributed by atoms with Crippen molar-refractivity contribution in [2.24, 2.45) is 0 Å². The highest BCUT2D eigenvalue weighted by molar-refractivity contribution is 5.95. The van der Waals surface area contributed by atoms with E-state index in [-0.39, 0.29) is 11.9 Å². The van der Waals surface area contributed by atoms with Crippen molar-refractivity contribution >= 4 is 17.9 Å². The molecule has 0 radical (unpaired) electrons. The Morgan fingerprint density at radius 2 is 1.88 bits per heavy atom. The van der Waals surface area contributed by atoms with Crippen molar-refractivity contribution in [2.45, 2.75) is 32.7 Å². The standard InChI is InChI=1S/C21H24N2O2/c1-15-5-10-19(12-16(15)2)22-20-4-3-11-23(13-20)21(25)18-8-6-17(14-24)7-9-18/h5-10,12,14,20,22H,3-4,11,13H2,1-2H3/t20-/m0/s1. The zero-order chi connectivity index (χ0) is 17.8. The van der Waals surface area contributed by atoms with Crippen LogP contribution in [0.25, 0.3) is 0 Å². The minimum atomic E-state index is 0.0315. The number of anilines is 1. The molecule has 1 N–H and O–H groups in total. The quantitative estimate of drug-likeness (QED) is 0.863. The number of aldehydes is 1. The average molecular weight is 336 g/mol. The minimum absolute atomic E-state index is 0.0315. The highest BCUT2D eigenvalue weighted by Crippen LogP contribution is 2.20. The molecule has 3 rings (SSSR count). The summed E-state index contributed by atoms with van der Waals surface area (Å²) < 4.78 is 0. The minimum Gasteiger partial charge on any atom is -0.381 e. The Labute approximate surface area is 148 Å².